The normalized spacial score (nSPS) is 24.3. The Bertz CT molecular complexity index is 747. The highest BCUT2D eigenvalue weighted by molar-refractivity contribution is 6.31. The van der Waals surface area contributed by atoms with Crippen LogP contribution >= 0.6 is 11.6 Å². The predicted octanol–water partition coefficient (Wildman–Crippen LogP) is 6.97. The molecular formula is C26H41ClN4. The minimum absolute atomic E-state index is 0.365. The lowest BCUT2D eigenvalue weighted by Crippen LogP contribution is -2.25. The van der Waals surface area contributed by atoms with Gasteiger partial charge < -0.3 is 10.3 Å². The highest BCUT2D eigenvalue weighted by atomic mass is 35.5. The quantitative estimate of drug-likeness (QED) is 0.209. The van der Waals surface area contributed by atoms with E-state index < -0.39 is 0 Å². The van der Waals surface area contributed by atoms with E-state index in [0.717, 1.165) is 44.2 Å². The first-order valence-electron chi connectivity index (χ1n) is 11.9. The zero-order valence-electron chi connectivity index (χ0n) is 19.9. The van der Waals surface area contributed by atoms with Gasteiger partial charge in [-0.2, -0.15) is 0 Å². The fraction of sp³-hybridized carbons (Fsp3) is 0.654. The first-order valence-corrected chi connectivity index (χ1v) is 12.3. The Morgan fingerprint density at radius 1 is 1.26 bits per heavy atom. The van der Waals surface area contributed by atoms with E-state index in [0.29, 0.717) is 29.4 Å². The maximum atomic E-state index is 8.82. The minimum atomic E-state index is 0.365. The van der Waals surface area contributed by atoms with Gasteiger partial charge in [-0.25, -0.2) is 0 Å². The van der Waals surface area contributed by atoms with Gasteiger partial charge in [0, 0.05) is 17.7 Å². The average molecular weight is 445 g/mol. The Morgan fingerprint density at radius 2 is 2.03 bits per heavy atom. The average Bonchev–Trinajstić information content (AvgIpc) is 3.18. The summed E-state index contributed by atoms with van der Waals surface area (Å²) in [5, 5.41) is 9.19. The van der Waals surface area contributed by atoms with Crippen LogP contribution in [0, 0.1) is 11.3 Å². The first-order chi connectivity index (χ1) is 14.9. The van der Waals surface area contributed by atoms with Crippen LogP contribution in [0.3, 0.4) is 0 Å². The second kappa shape index (κ2) is 13.1. The third-order valence-corrected chi connectivity index (χ3v) is 7.11. The molecule has 0 bridgehead atoms. The van der Waals surface area contributed by atoms with Gasteiger partial charge in [0.15, 0.2) is 0 Å². The molecule has 0 aromatic heterocycles. The van der Waals surface area contributed by atoms with Gasteiger partial charge in [-0.05, 0) is 90.2 Å². The van der Waals surface area contributed by atoms with Crippen LogP contribution in [-0.4, -0.2) is 49.2 Å². The molecule has 2 atom stereocenters. The molecule has 1 aliphatic carbocycles. The summed E-state index contributed by atoms with van der Waals surface area (Å²) in [5.41, 5.74) is 5.39. The topological polar surface area (TPSA) is 51.8 Å². The molecule has 4 nitrogen and oxygen atoms in total. The standard InChI is InChI=1S/C26H41ClN4/c1-6-10-24(20(3)23-13-8-7-11-19(23)2)25(28)18-30-21(17-26(27)29-4)14-15-22-12-9-16-31(22)5/h17,22-23,28H,2,4,6-16,18H2,1,3,5H3/b24-20+,26-17-,28-25?,30-21-/t22-,23-/m0/s1. The van der Waals surface area contributed by atoms with Crippen LogP contribution in [-0.2, 0) is 0 Å². The zero-order valence-corrected chi connectivity index (χ0v) is 20.6. The van der Waals surface area contributed by atoms with Crippen molar-refractivity contribution >= 4 is 29.7 Å². The predicted molar refractivity (Wildman–Crippen MR) is 137 cm³/mol. The highest BCUT2D eigenvalue weighted by Gasteiger charge is 2.23. The number of rotatable bonds is 11. The summed E-state index contributed by atoms with van der Waals surface area (Å²) in [4.78, 5) is 11.1. The van der Waals surface area contributed by atoms with E-state index in [1.807, 2.05) is 6.08 Å². The van der Waals surface area contributed by atoms with Gasteiger partial charge in [0.05, 0.1) is 12.3 Å². The molecule has 0 radical (unpaired) electrons. The minimum Gasteiger partial charge on any atom is -0.303 e. The summed E-state index contributed by atoms with van der Waals surface area (Å²) in [6, 6.07) is 0.601. The molecular weight excluding hydrogens is 404 g/mol. The largest absolute Gasteiger partial charge is 0.303 e. The smallest absolute Gasteiger partial charge is 0.130 e. The lowest BCUT2D eigenvalue weighted by atomic mass is 9.78. The van der Waals surface area contributed by atoms with Crippen molar-refractivity contribution < 1.29 is 0 Å². The number of halogens is 1. The van der Waals surface area contributed by atoms with Gasteiger partial charge in [0.25, 0.3) is 0 Å². The van der Waals surface area contributed by atoms with Crippen molar-refractivity contribution in [3.8, 4) is 0 Å². The first kappa shape index (κ1) is 25.7. The van der Waals surface area contributed by atoms with Crippen molar-refractivity contribution in [2.45, 2.75) is 84.1 Å². The molecule has 1 N–H and O–H groups in total. The number of hydrogen-bond donors (Lipinski definition) is 1. The van der Waals surface area contributed by atoms with E-state index >= 15 is 0 Å². The molecule has 0 aromatic rings. The van der Waals surface area contributed by atoms with Crippen molar-refractivity contribution in [1.82, 2.24) is 4.90 Å². The van der Waals surface area contributed by atoms with Crippen molar-refractivity contribution in [3.63, 3.8) is 0 Å². The number of nitrogens with zero attached hydrogens (tertiary/aromatic N) is 3. The molecule has 2 aliphatic rings. The van der Waals surface area contributed by atoms with Crippen LogP contribution in [0.2, 0.25) is 0 Å². The number of hydrogen-bond acceptors (Lipinski definition) is 4. The summed E-state index contributed by atoms with van der Waals surface area (Å²) in [6.07, 6.45) is 13.0. The summed E-state index contributed by atoms with van der Waals surface area (Å²) in [7, 11) is 2.20. The Morgan fingerprint density at radius 3 is 2.65 bits per heavy atom. The summed E-state index contributed by atoms with van der Waals surface area (Å²) in [6.45, 7) is 13.8. The number of allylic oxidation sites excluding steroid dienone is 3. The van der Waals surface area contributed by atoms with Gasteiger partial charge in [-0.3, -0.25) is 9.98 Å². The monoisotopic (exact) mass is 444 g/mol. The van der Waals surface area contributed by atoms with Gasteiger partial charge in [0.1, 0.15) is 5.16 Å². The van der Waals surface area contributed by atoms with Gasteiger partial charge >= 0.3 is 0 Å². The van der Waals surface area contributed by atoms with Crippen molar-refractivity contribution in [2.75, 3.05) is 20.1 Å². The highest BCUT2D eigenvalue weighted by Crippen LogP contribution is 2.35. The molecule has 2 rings (SSSR count). The third-order valence-electron chi connectivity index (χ3n) is 6.88. The molecule has 1 saturated heterocycles. The van der Waals surface area contributed by atoms with Crippen LogP contribution < -0.4 is 0 Å². The molecule has 1 heterocycles. The van der Waals surface area contributed by atoms with Crippen LogP contribution in [0.4, 0.5) is 0 Å². The van der Waals surface area contributed by atoms with Crippen molar-refractivity contribution in [2.24, 2.45) is 15.9 Å². The fourth-order valence-corrected chi connectivity index (χ4v) is 5.09. The molecule has 0 aromatic carbocycles. The van der Waals surface area contributed by atoms with E-state index in [4.69, 9.17) is 22.0 Å². The third kappa shape index (κ3) is 7.84. The number of nitrogens with one attached hydrogen (secondary N) is 1. The van der Waals surface area contributed by atoms with Crippen LogP contribution in [0.15, 0.2) is 44.5 Å². The molecule has 31 heavy (non-hydrogen) atoms. The van der Waals surface area contributed by atoms with Gasteiger partial charge in [0.2, 0.25) is 0 Å². The second-order valence-electron chi connectivity index (χ2n) is 9.09. The summed E-state index contributed by atoms with van der Waals surface area (Å²) >= 11 is 6.15. The molecule has 5 heteroatoms. The van der Waals surface area contributed by atoms with Crippen molar-refractivity contribution in [3.05, 3.63) is 34.5 Å². The molecule has 1 saturated carbocycles. The Labute approximate surface area is 194 Å². The SMILES string of the molecule is C=N/C(Cl)=C\C(CC[C@@H]1CCCN1C)=N/CC(=N)/C(CCC)=C(\C)[C@H]1CCCCC1=C. The van der Waals surface area contributed by atoms with Crippen molar-refractivity contribution in [1.29, 1.82) is 5.41 Å². The molecule has 0 amide bonds. The number of likely N-dealkylation sites (tertiary alicyclic amines) is 1. The fourth-order valence-electron chi connectivity index (χ4n) is 4.96. The van der Waals surface area contributed by atoms with E-state index in [9.17, 15) is 0 Å². The lowest BCUT2D eigenvalue weighted by molar-refractivity contribution is 0.300. The van der Waals surface area contributed by atoms with Crippen LogP contribution in [0.25, 0.3) is 0 Å². The van der Waals surface area contributed by atoms with Crippen LogP contribution in [0.5, 0.6) is 0 Å². The van der Waals surface area contributed by atoms with E-state index in [1.165, 1.54) is 48.9 Å². The maximum Gasteiger partial charge on any atom is 0.130 e. The Balaban J connectivity index is 2.16. The molecule has 2 fully saturated rings. The molecule has 172 valence electrons. The molecule has 0 unspecified atom stereocenters. The summed E-state index contributed by atoms with van der Waals surface area (Å²) < 4.78 is 0. The van der Waals surface area contributed by atoms with Gasteiger partial charge in [-0.15, -0.1) is 0 Å². The molecule has 1 aliphatic heterocycles. The second-order valence-corrected chi connectivity index (χ2v) is 9.48. The van der Waals surface area contributed by atoms with Gasteiger partial charge in [-0.1, -0.05) is 49.1 Å². The van der Waals surface area contributed by atoms with E-state index in [-0.39, 0.29) is 0 Å². The number of aliphatic imine (C=N–C) groups is 2. The lowest BCUT2D eigenvalue weighted by Gasteiger charge is -2.28. The zero-order chi connectivity index (χ0) is 22.8. The Kier molecular flexibility index (Phi) is 10.9. The van der Waals surface area contributed by atoms with E-state index in [2.05, 4.69) is 44.1 Å². The van der Waals surface area contributed by atoms with Crippen LogP contribution in [0.1, 0.15) is 78.1 Å². The maximum absolute atomic E-state index is 8.82. The summed E-state index contributed by atoms with van der Waals surface area (Å²) in [5.74, 6) is 0.427. The molecule has 0 spiro atoms. The Hall–Kier alpha value is -1.52. The van der Waals surface area contributed by atoms with E-state index in [1.54, 1.807) is 0 Å².